The van der Waals surface area contributed by atoms with Crippen molar-refractivity contribution in [2.75, 3.05) is 79.3 Å². The van der Waals surface area contributed by atoms with Gasteiger partial charge in [0.1, 0.15) is 13.2 Å². The third-order valence-electron chi connectivity index (χ3n) is 4.24. The highest BCUT2D eigenvalue weighted by Crippen LogP contribution is 2.00. The quantitative estimate of drug-likeness (QED) is 0.198. The van der Waals surface area contributed by atoms with Crippen LogP contribution in [-0.4, -0.2) is 101 Å². The Balaban J connectivity index is 1.25. The fraction of sp³-hybridized carbons (Fsp3) is 0.500. The molecular weight excluding hydrogens is 460 g/mol. The molecule has 2 rings (SSSR count). The summed E-state index contributed by atoms with van der Waals surface area (Å²) >= 11 is 0. The van der Waals surface area contributed by atoms with Crippen LogP contribution in [0.3, 0.4) is 0 Å². The van der Waals surface area contributed by atoms with E-state index in [1.54, 1.807) is 24.3 Å². The van der Waals surface area contributed by atoms with Crippen molar-refractivity contribution in [3.05, 3.63) is 60.2 Å². The molecule has 0 aliphatic rings. The monoisotopic (exact) mass is 492 g/mol. The normalized spacial score (nSPS) is 10.7. The summed E-state index contributed by atoms with van der Waals surface area (Å²) in [6.07, 6.45) is 6.14. The summed E-state index contributed by atoms with van der Waals surface area (Å²) in [5.41, 5.74) is 0.916. The molecule has 2 heterocycles. The molecule has 0 fully saturated rings. The zero-order valence-electron chi connectivity index (χ0n) is 19.7. The van der Waals surface area contributed by atoms with Crippen molar-refractivity contribution in [3.8, 4) is 0 Å². The van der Waals surface area contributed by atoms with Gasteiger partial charge in [-0.3, -0.25) is 9.97 Å². The molecule has 0 bridgehead atoms. The fourth-order valence-corrected chi connectivity index (χ4v) is 2.51. The topological polar surface area (TPSA) is 125 Å². The van der Waals surface area contributed by atoms with Crippen molar-refractivity contribution in [2.24, 2.45) is 0 Å². The lowest BCUT2D eigenvalue weighted by Gasteiger charge is -2.08. The molecule has 0 aromatic carbocycles. The minimum absolute atomic E-state index is 0.176. The Morgan fingerprint density at radius 1 is 0.457 bits per heavy atom. The summed E-state index contributed by atoms with van der Waals surface area (Å²) in [7, 11) is 0. The van der Waals surface area contributed by atoms with E-state index in [1.807, 2.05) is 0 Å². The zero-order chi connectivity index (χ0) is 24.8. The molecule has 0 unspecified atom stereocenters. The van der Waals surface area contributed by atoms with Crippen molar-refractivity contribution in [3.63, 3.8) is 0 Å². The maximum Gasteiger partial charge on any atom is 0.338 e. The van der Waals surface area contributed by atoms with Gasteiger partial charge in [0.05, 0.1) is 77.2 Å². The molecule has 0 spiro atoms. The molecule has 0 N–H and O–H groups in total. The minimum Gasteiger partial charge on any atom is -0.460 e. The number of ether oxygens (including phenoxy) is 7. The number of hydrogen-bond acceptors (Lipinski definition) is 11. The maximum absolute atomic E-state index is 11.7. The predicted molar refractivity (Wildman–Crippen MR) is 123 cm³/mol. The summed E-state index contributed by atoms with van der Waals surface area (Å²) in [5, 5.41) is 0. The third kappa shape index (κ3) is 14.1. The van der Waals surface area contributed by atoms with Gasteiger partial charge in [-0.05, 0) is 24.3 Å². The Kier molecular flexibility index (Phi) is 15.6. The largest absolute Gasteiger partial charge is 0.460 e. The summed E-state index contributed by atoms with van der Waals surface area (Å²) in [5.74, 6) is -0.804. The van der Waals surface area contributed by atoms with Gasteiger partial charge in [-0.15, -0.1) is 0 Å². The molecule has 0 saturated carbocycles. The van der Waals surface area contributed by atoms with Crippen molar-refractivity contribution < 1.29 is 42.7 Å². The number of hydrogen-bond donors (Lipinski definition) is 0. The number of esters is 2. The molecule has 0 saturated heterocycles. The summed E-state index contributed by atoms with van der Waals surface area (Å²) in [6, 6.07) is 6.37. The van der Waals surface area contributed by atoms with Gasteiger partial charge in [0.25, 0.3) is 0 Å². The highest BCUT2D eigenvalue weighted by Gasteiger charge is 2.06. The molecule has 35 heavy (non-hydrogen) atoms. The van der Waals surface area contributed by atoms with Crippen molar-refractivity contribution in [1.82, 2.24) is 9.97 Å². The second-order valence-electron chi connectivity index (χ2n) is 6.81. The van der Waals surface area contributed by atoms with Gasteiger partial charge >= 0.3 is 11.9 Å². The molecule has 2 aromatic heterocycles. The van der Waals surface area contributed by atoms with Gasteiger partial charge in [-0.2, -0.15) is 0 Å². The molecule has 0 aliphatic carbocycles. The van der Waals surface area contributed by atoms with Gasteiger partial charge in [0, 0.05) is 24.8 Å². The lowest BCUT2D eigenvalue weighted by atomic mass is 10.3. The zero-order valence-corrected chi connectivity index (χ0v) is 19.7. The van der Waals surface area contributed by atoms with Gasteiger partial charge in [0.15, 0.2) is 0 Å². The molecule has 2 aromatic rings. The number of carbonyl (C=O) groups excluding carboxylic acids is 2. The van der Waals surface area contributed by atoms with Crippen LogP contribution in [0.4, 0.5) is 0 Å². The fourth-order valence-electron chi connectivity index (χ4n) is 2.51. The first-order valence-electron chi connectivity index (χ1n) is 11.3. The molecular formula is C24H32N2O9. The maximum atomic E-state index is 11.7. The minimum atomic E-state index is -0.402. The van der Waals surface area contributed by atoms with Crippen LogP contribution in [0.1, 0.15) is 20.7 Å². The lowest BCUT2D eigenvalue weighted by molar-refractivity contribution is -0.0180. The van der Waals surface area contributed by atoms with Crippen LogP contribution in [0.2, 0.25) is 0 Å². The predicted octanol–water partition coefficient (Wildman–Crippen LogP) is 1.57. The van der Waals surface area contributed by atoms with Crippen LogP contribution in [0.5, 0.6) is 0 Å². The Labute approximate surface area is 204 Å². The summed E-state index contributed by atoms with van der Waals surface area (Å²) < 4.78 is 37.1. The van der Waals surface area contributed by atoms with Crippen molar-refractivity contribution in [1.29, 1.82) is 0 Å². The van der Waals surface area contributed by atoms with E-state index in [0.717, 1.165) is 0 Å². The lowest BCUT2D eigenvalue weighted by Crippen LogP contribution is -2.15. The number of aromatic nitrogens is 2. The molecule has 0 amide bonds. The van der Waals surface area contributed by atoms with Crippen LogP contribution in [0.25, 0.3) is 0 Å². The van der Waals surface area contributed by atoms with E-state index in [9.17, 15) is 9.59 Å². The molecule has 0 atom stereocenters. The smallest absolute Gasteiger partial charge is 0.338 e. The van der Waals surface area contributed by atoms with Crippen molar-refractivity contribution in [2.45, 2.75) is 0 Å². The van der Waals surface area contributed by atoms with Crippen molar-refractivity contribution >= 4 is 11.9 Å². The number of nitrogens with zero attached hydrogens (tertiary/aromatic N) is 2. The number of carbonyl (C=O) groups is 2. The molecule has 11 nitrogen and oxygen atoms in total. The average Bonchev–Trinajstić information content (AvgIpc) is 2.90. The van der Waals surface area contributed by atoms with E-state index < -0.39 is 11.9 Å². The van der Waals surface area contributed by atoms with Crippen LogP contribution < -0.4 is 0 Å². The van der Waals surface area contributed by atoms with E-state index in [1.165, 1.54) is 24.8 Å². The second kappa shape index (κ2) is 19.4. The van der Waals surface area contributed by atoms with Crippen LogP contribution in [-0.2, 0) is 33.2 Å². The Bertz CT molecular complexity index is 742. The first-order chi connectivity index (χ1) is 17.3. The number of rotatable bonds is 20. The SMILES string of the molecule is O=C(OCCOCCOCCOCCOCCOCCOC(=O)c1ccncc1)c1ccncc1. The molecule has 11 heteroatoms. The van der Waals surface area contributed by atoms with E-state index >= 15 is 0 Å². The Morgan fingerprint density at radius 2 is 0.714 bits per heavy atom. The second-order valence-corrected chi connectivity index (χ2v) is 6.81. The first kappa shape index (κ1) is 28.3. The van der Waals surface area contributed by atoms with Crippen LogP contribution in [0, 0.1) is 0 Å². The van der Waals surface area contributed by atoms with E-state index in [-0.39, 0.29) is 13.2 Å². The first-order valence-corrected chi connectivity index (χ1v) is 11.3. The number of pyridine rings is 2. The van der Waals surface area contributed by atoms with Crippen LogP contribution >= 0.6 is 0 Å². The van der Waals surface area contributed by atoms with E-state index in [2.05, 4.69) is 9.97 Å². The summed E-state index contributed by atoms with van der Waals surface area (Å²) in [4.78, 5) is 31.1. The van der Waals surface area contributed by atoms with Gasteiger partial charge in [-0.1, -0.05) is 0 Å². The van der Waals surface area contributed by atoms with Gasteiger partial charge in [-0.25, -0.2) is 9.59 Å². The molecule has 0 aliphatic heterocycles. The summed E-state index contributed by atoms with van der Waals surface area (Å²) in [6.45, 7) is 4.40. The van der Waals surface area contributed by atoms with Crippen LogP contribution in [0.15, 0.2) is 49.1 Å². The molecule has 0 radical (unpaired) electrons. The Hall–Kier alpha value is -2.96. The van der Waals surface area contributed by atoms with Gasteiger partial charge in [0.2, 0.25) is 0 Å². The Morgan fingerprint density at radius 3 is 1.00 bits per heavy atom. The van der Waals surface area contributed by atoms with E-state index in [4.69, 9.17) is 33.2 Å². The van der Waals surface area contributed by atoms with E-state index in [0.29, 0.717) is 77.2 Å². The molecule has 192 valence electrons. The third-order valence-corrected chi connectivity index (χ3v) is 4.24. The van der Waals surface area contributed by atoms with Gasteiger partial charge < -0.3 is 33.2 Å². The average molecular weight is 493 g/mol. The highest BCUT2D eigenvalue weighted by atomic mass is 16.6. The highest BCUT2D eigenvalue weighted by molar-refractivity contribution is 5.89. The standard InChI is InChI=1S/C24H32N2O9/c27-23(21-1-5-25-6-2-21)34-19-17-32-15-13-30-11-9-29-10-12-31-14-16-33-18-20-35-24(28)22-3-7-26-8-4-22/h1-8H,9-20H2.